The number of hydrogen-bond donors (Lipinski definition) is 0. The average Bonchev–Trinajstić information content (AvgIpc) is 3.18. The predicted molar refractivity (Wildman–Crippen MR) is 117 cm³/mol. The Balaban J connectivity index is 1.72. The lowest BCUT2D eigenvalue weighted by Gasteiger charge is -2.17. The van der Waals surface area contributed by atoms with Crippen molar-refractivity contribution in [3.63, 3.8) is 0 Å². The third-order valence-electron chi connectivity index (χ3n) is 5.10. The van der Waals surface area contributed by atoms with Gasteiger partial charge in [0.25, 0.3) is 0 Å². The number of benzene rings is 2. The predicted octanol–water partition coefficient (Wildman–Crippen LogP) is 5.66. The fourth-order valence-electron chi connectivity index (χ4n) is 3.54. The van der Waals surface area contributed by atoms with E-state index in [1.165, 1.54) is 18.9 Å². The molecule has 0 radical (unpaired) electrons. The zero-order valence-corrected chi connectivity index (χ0v) is 18.0. The molecule has 4 rings (SSSR count). The highest BCUT2D eigenvalue weighted by molar-refractivity contribution is 9.10. The van der Waals surface area contributed by atoms with Crippen LogP contribution in [-0.4, -0.2) is 31.1 Å². The monoisotopic (exact) mass is 461 g/mol. The molecule has 1 saturated heterocycles. The number of likely N-dealkylation sites (tertiary alicyclic amines) is 1. The number of aryl methyl sites for hydroxylation is 1. The summed E-state index contributed by atoms with van der Waals surface area (Å²) in [5.74, 6) is 1.14. The molecule has 1 aromatic heterocycles. The van der Waals surface area contributed by atoms with Crippen LogP contribution in [-0.2, 0) is 0 Å². The fraction of sp³-hybridized carbons (Fsp3) is 0.318. The van der Waals surface area contributed by atoms with Gasteiger partial charge in [-0.1, -0.05) is 33.6 Å². The number of nitrogens with zero attached hydrogens (tertiary/aromatic N) is 1. The van der Waals surface area contributed by atoms with Crippen molar-refractivity contribution in [2.24, 2.45) is 0 Å². The Bertz CT molecular complexity index is 1070. The van der Waals surface area contributed by atoms with E-state index in [-0.39, 0.29) is 5.43 Å². The molecule has 4 nitrogen and oxygen atoms in total. The Labute approximate surface area is 177 Å². The van der Waals surface area contributed by atoms with Crippen molar-refractivity contribution >= 4 is 38.5 Å². The molecule has 28 heavy (non-hydrogen) atoms. The molecular weight excluding hydrogens is 442 g/mol. The van der Waals surface area contributed by atoms with Crippen molar-refractivity contribution in [1.82, 2.24) is 4.90 Å². The molecule has 0 spiro atoms. The van der Waals surface area contributed by atoms with E-state index < -0.39 is 0 Å². The standard InChI is InChI=1S/C22H21BrClNO3/c1-14-11-16(20(12-17(14)23)27-10-9-25-7-2-3-8-25)21-13-19(26)15-5-4-6-18(24)22(15)28-21/h4-6,11-13H,2-3,7-10H2,1H3. The van der Waals surface area contributed by atoms with E-state index in [4.69, 9.17) is 20.8 Å². The van der Waals surface area contributed by atoms with Gasteiger partial charge in [-0.15, -0.1) is 0 Å². The molecule has 0 atom stereocenters. The highest BCUT2D eigenvalue weighted by atomic mass is 79.9. The molecule has 0 saturated carbocycles. The van der Waals surface area contributed by atoms with Gasteiger partial charge in [-0.2, -0.15) is 0 Å². The minimum Gasteiger partial charge on any atom is -0.491 e. The maximum Gasteiger partial charge on any atom is 0.193 e. The van der Waals surface area contributed by atoms with Crippen molar-refractivity contribution in [1.29, 1.82) is 0 Å². The van der Waals surface area contributed by atoms with Gasteiger partial charge in [0.05, 0.1) is 16.0 Å². The molecule has 1 aliphatic rings. The van der Waals surface area contributed by atoms with Crippen LogP contribution in [0.4, 0.5) is 0 Å². The SMILES string of the molecule is Cc1cc(-c2cc(=O)c3cccc(Cl)c3o2)c(OCCN2CCCC2)cc1Br. The van der Waals surface area contributed by atoms with E-state index >= 15 is 0 Å². The maximum atomic E-state index is 12.6. The first-order chi connectivity index (χ1) is 13.5. The molecule has 0 amide bonds. The van der Waals surface area contributed by atoms with Crippen LogP contribution in [0.5, 0.6) is 5.75 Å². The van der Waals surface area contributed by atoms with Crippen molar-refractivity contribution in [2.75, 3.05) is 26.2 Å². The lowest BCUT2D eigenvalue weighted by Crippen LogP contribution is -2.25. The summed E-state index contributed by atoms with van der Waals surface area (Å²) in [5.41, 5.74) is 2.06. The van der Waals surface area contributed by atoms with Crippen LogP contribution < -0.4 is 10.2 Å². The Morgan fingerprint density at radius 2 is 2.00 bits per heavy atom. The van der Waals surface area contributed by atoms with Crippen molar-refractivity contribution in [3.05, 3.63) is 61.7 Å². The van der Waals surface area contributed by atoms with Gasteiger partial charge in [0.15, 0.2) is 11.0 Å². The third kappa shape index (κ3) is 3.97. The molecular formula is C22H21BrClNO3. The number of halogens is 2. The van der Waals surface area contributed by atoms with E-state index in [1.807, 2.05) is 19.1 Å². The average molecular weight is 463 g/mol. The van der Waals surface area contributed by atoms with Gasteiger partial charge in [-0.25, -0.2) is 0 Å². The van der Waals surface area contributed by atoms with Gasteiger partial charge in [0.2, 0.25) is 0 Å². The summed E-state index contributed by atoms with van der Waals surface area (Å²) < 4.78 is 13.1. The Hall–Kier alpha value is -1.82. The molecule has 0 unspecified atom stereocenters. The van der Waals surface area contributed by atoms with Gasteiger partial charge in [-0.05, 0) is 62.7 Å². The second kappa shape index (κ2) is 8.27. The molecule has 1 fully saturated rings. The molecule has 3 aromatic rings. The molecule has 0 bridgehead atoms. The van der Waals surface area contributed by atoms with Crippen LogP contribution >= 0.6 is 27.5 Å². The van der Waals surface area contributed by atoms with Crippen LogP contribution in [0.2, 0.25) is 5.02 Å². The van der Waals surface area contributed by atoms with E-state index in [9.17, 15) is 4.79 Å². The van der Waals surface area contributed by atoms with Gasteiger partial charge in [0, 0.05) is 17.1 Å². The summed E-state index contributed by atoms with van der Waals surface area (Å²) in [6.07, 6.45) is 2.51. The number of hydrogen-bond acceptors (Lipinski definition) is 4. The molecule has 1 aliphatic heterocycles. The van der Waals surface area contributed by atoms with Crippen LogP contribution in [0.25, 0.3) is 22.3 Å². The first kappa shape index (κ1) is 19.5. The lowest BCUT2D eigenvalue weighted by atomic mass is 10.1. The molecule has 2 heterocycles. The van der Waals surface area contributed by atoms with Gasteiger partial charge < -0.3 is 9.15 Å². The lowest BCUT2D eigenvalue weighted by molar-refractivity contribution is 0.238. The van der Waals surface area contributed by atoms with Crippen LogP contribution in [0.15, 0.2) is 50.1 Å². The largest absolute Gasteiger partial charge is 0.491 e. The molecule has 0 aliphatic carbocycles. The van der Waals surface area contributed by atoms with Crippen molar-refractivity contribution in [2.45, 2.75) is 19.8 Å². The van der Waals surface area contributed by atoms with Crippen LogP contribution in [0.3, 0.4) is 0 Å². The number of ether oxygens (including phenoxy) is 1. The molecule has 6 heteroatoms. The zero-order chi connectivity index (χ0) is 19.7. The minimum absolute atomic E-state index is 0.123. The topological polar surface area (TPSA) is 42.7 Å². The summed E-state index contributed by atoms with van der Waals surface area (Å²) in [5, 5.41) is 0.892. The van der Waals surface area contributed by atoms with E-state index in [0.717, 1.165) is 35.2 Å². The zero-order valence-electron chi connectivity index (χ0n) is 15.6. The van der Waals surface area contributed by atoms with E-state index in [2.05, 4.69) is 20.8 Å². The second-order valence-electron chi connectivity index (χ2n) is 7.09. The smallest absolute Gasteiger partial charge is 0.193 e. The van der Waals surface area contributed by atoms with Crippen LogP contribution in [0.1, 0.15) is 18.4 Å². The number of fused-ring (bicyclic) bond motifs is 1. The Morgan fingerprint density at radius 3 is 2.79 bits per heavy atom. The number of para-hydroxylation sites is 1. The fourth-order valence-corrected chi connectivity index (χ4v) is 4.08. The van der Waals surface area contributed by atoms with Gasteiger partial charge >= 0.3 is 0 Å². The second-order valence-corrected chi connectivity index (χ2v) is 8.35. The first-order valence-electron chi connectivity index (χ1n) is 9.41. The summed E-state index contributed by atoms with van der Waals surface area (Å²) in [4.78, 5) is 15.0. The summed E-state index contributed by atoms with van der Waals surface area (Å²) >= 11 is 9.84. The van der Waals surface area contributed by atoms with Gasteiger partial charge in [0.1, 0.15) is 18.1 Å². The van der Waals surface area contributed by atoms with Gasteiger partial charge in [-0.3, -0.25) is 9.69 Å². The molecule has 0 N–H and O–H groups in total. The molecule has 2 aromatic carbocycles. The third-order valence-corrected chi connectivity index (χ3v) is 6.25. The Kier molecular flexibility index (Phi) is 5.76. The van der Waals surface area contributed by atoms with Crippen molar-refractivity contribution in [3.8, 4) is 17.1 Å². The van der Waals surface area contributed by atoms with E-state index in [1.54, 1.807) is 18.2 Å². The van der Waals surface area contributed by atoms with E-state index in [0.29, 0.717) is 34.1 Å². The molecule has 146 valence electrons. The minimum atomic E-state index is -0.123. The first-order valence-corrected chi connectivity index (χ1v) is 10.6. The summed E-state index contributed by atoms with van der Waals surface area (Å²) in [6.45, 7) is 5.73. The maximum absolute atomic E-state index is 12.6. The summed E-state index contributed by atoms with van der Waals surface area (Å²) in [7, 11) is 0. The van der Waals surface area contributed by atoms with Crippen molar-refractivity contribution < 1.29 is 9.15 Å². The normalized spacial score (nSPS) is 14.7. The number of rotatable bonds is 5. The van der Waals surface area contributed by atoms with Crippen LogP contribution in [0, 0.1) is 6.92 Å². The summed E-state index contributed by atoms with van der Waals surface area (Å²) in [6, 6.07) is 10.6. The Morgan fingerprint density at radius 1 is 1.21 bits per heavy atom. The quantitative estimate of drug-likeness (QED) is 0.491. The highest BCUT2D eigenvalue weighted by Crippen LogP contribution is 2.36. The highest BCUT2D eigenvalue weighted by Gasteiger charge is 2.16.